The van der Waals surface area contributed by atoms with Crippen molar-refractivity contribution in [1.82, 2.24) is 9.88 Å². The summed E-state index contributed by atoms with van der Waals surface area (Å²) in [5.41, 5.74) is 4.16. The molecule has 0 bridgehead atoms. The number of aromatic amines is 1. The molecule has 6 heteroatoms. The van der Waals surface area contributed by atoms with E-state index in [0.29, 0.717) is 23.8 Å². The number of likely N-dealkylation sites (tertiary alicyclic amines) is 1. The topological polar surface area (TPSA) is 65.2 Å². The average Bonchev–Trinajstić information content (AvgIpc) is 3.23. The number of H-pyrrole nitrogens is 1. The zero-order chi connectivity index (χ0) is 19.7. The van der Waals surface area contributed by atoms with Crippen molar-refractivity contribution in [3.05, 3.63) is 64.8 Å². The maximum Gasteiger partial charge on any atom is 0.229 e. The van der Waals surface area contributed by atoms with E-state index < -0.39 is 0 Å². The van der Waals surface area contributed by atoms with Crippen molar-refractivity contribution in [3.63, 3.8) is 0 Å². The third-order valence-electron chi connectivity index (χ3n) is 5.25. The number of hydrogen-bond donors (Lipinski definition) is 2. The zero-order valence-corrected chi connectivity index (χ0v) is 16.4. The van der Waals surface area contributed by atoms with Crippen molar-refractivity contribution < 1.29 is 9.59 Å². The summed E-state index contributed by atoms with van der Waals surface area (Å²) in [6.45, 7) is 3.14. The van der Waals surface area contributed by atoms with Gasteiger partial charge in [0, 0.05) is 47.3 Å². The quantitative estimate of drug-likeness (QED) is 0.681. The smallest absolute Gasteiger partial charge is 0.229 e. The third-order valence-corrected chi connectivity index (χ3v) is 5.49. The van der Waals surface area contributed by atoms with E-state index in [-0.39, 0.29) is 24.2 Å². The van der Waals surface area contributed by atoms with Crippen molar-refractivity contribution >= 4 is 40.0 Å². The van der Waals surface area contributed by atoms with Gasteiger partial charge in [0.25, 0.3) is 0 Å². The number of anilines is 1. The Morgan fingerprint density at radius 3 is 2.96 bits per heavy atom. The first-order valence-electron chi connectivity index (χ1n) is 9.40. The Morgan fingerprint density at radius 1 is 1.29 bits per heavy atom. The summed E-state index contributed by atoms with van der Waals surface area (Å²) in [5, 5.41) is 4.62. The van der Waals surface area contributed by atoms with E-state index in [1.54, 1.807) is 29.2 Å². The Labute approximate surface area is 168 Å². The molecule has 1 aromatic heterocycles. The van der Waals surface area contributed by atoms with Crippen LogP contribution in [0, 0.1) is 12.8 Å². The normalized spacial score (nSPS) is 16.7. The van der Waals surface area contributed by atoms with Crippen LogP contribution in [0.4, 0.5) is 5.69 Å². The highest BCUT2D eigenvalue weighted by molar-refractivity contribution is 6.30. The maximum atomic E-state index is 12.5. The Balaban J connectivity index is 1.38. The van der Waals surface area contributed by atoms with Crippen LogP contribution < -0.4 is 5.32 Å². The van der Waals surface area contributed by atoms with Crippen LogP contribution in [-0.4, -0.2) is 34.8 Å². The molecule has 0 saturated carbocycles. The number of hydrogen-bond acceptors (Lipinski definition) is 2. The molecule has 2 aromatic carbocycles. The van der Waals surface area contributed by atoms with Gasteiger partial charge in [0.2, 0.25) is 11.8 Å². The number of nitrogens with zero attached hydrogens (tertiary/aromatic N) is 1. The molecule has 2 heterocycles. The number of halogens is 1. The van der Waals surface area contributed by atoms with Gasteiger partial charge in [-0.05, 0) is 49.2 Å². The lowest BCUT2D eigenvalue weighted by Gasteiger charge is -2.16. The number of amides is 2. The molecule has 2 N–H and O–H groups in total. The first-order chi connectivity index (χ1) is 13.5. The van der Waals surface area contributed by atoms with E-state index in [2.05, 4.69) is 35.4 Å². The van der Waals surface area contributed by atoms with Crippen molar-refractivity contribution in [3.8, 4) is 0 Å². The summed E-state index contributed by atoms with van der Waals surface area (Å²) in [7, 11) is 0. The van der Waals surface area contributed by atoms with Crippen molar-refractivity contribution in [2.24, 2.45) is 5.92 Å². The standard InChI is InChI=1S/C22H22ClN3O2/c1-14-5-6-20-19(9-14)15(12-24-20)7-8-26-13-16(10-21(26)27)22(28)25-18-4-2-3-17(23)11-18/h2-6,9,11-12,16,24H,7-8,10,13H2,1H3,(H,25,28)/t16-/m0/s1. The lowest BCUT2D eigenvalue weighted by atomic mass is 10.1. The second kappa shape index (κ2) is 7.68. The fraction of sp³-hybridized carbons (Fsp3) is 0.273. The fourth-order valence-electron chi connectivity index (χ4n) is 3.73. The second-order valence-electron chi connectivity index (χ2n) is 7.35. The highest BCUT2D eigenvalue weighted by Crippen LogP contribution is 2.24. The van der Waals surface area contributed by atoms with Gasteiger partial charge in [-0.2, -0.15) is 0 Å². The van der Waals surface area contributed by atoms with E-state index in [9.17, 15) is 9.59 Å². The summed E-state index contributed by atoms with van der Waals surface area (Å²) in [6, 6.07) is 13.3. The van der Waals surface area contributed by atoms with Crippen LogP contribution in [0.25, 0.3) is 10.9 Å². The van der Waals surface area contributed by atoms with Crippen LogP contribution in [0.2, 0.25) is 5.02 Å². The number of nitrogens with one attached hydrogen (secondary N) is 2. The highest BCUT2D eigenvalue weighted by Gasteiger charge is 2.34. The van der Waals surface area contributed by atoms with Crippen molar-refractivity contribution in [2.75, 3.05) is 18.4 Å². The number of carbonyl (C=O) groups excluding carboxylic acids is 2. The molecule has 4 rings (SSSR count). The first-order valence-corrected chi connectivity index (χ1v) is 9.78. The molecule has 0 unspecified atom stereocenters. The van der Waals surface area contributed by atoms with Crippen LogP contribution in [0.3, 0.4) is 0 Å². The molecule has 1 fully saturated rings. The van der Waals surface area contributed by atoms with E-state index >= 15 is 0 Å². The molecule has 144 valence electrons. The summed E-state index contributed by atoms with van der Waals surface area (Å²) < 4.78 is 0. The van der Waals surface area contributed by atoms with Gasteiger partial charge in [-0.15, -0.1) is 0 Å². The first kappa shape index (κ1) is 18.6. The van der Waals surface area contributed by atoms with Gasteiger partial charge in [-0.25, -0.2) is 0 Å². The van der Waals surface area contributed by atoms with Crippen LogP contribution in [-0.2, 0) is 16.0 Å². The summed E-state index contributed by atoms with van der Waals surface area (Å²) in [4.78, 5) is 30.0. The largest absolute Gasteiger partial charge is 0.361 e. The van der Waals surface area contributed by atoms with E-state index in [1.807, 2.05) is 6.20 Å². The molecule has 3 aromatic rings. The Bertz CT molecular complexity index is 1040. The summed E-state index contributed by atoms with van der Waals surface area (Å²) in [6.07, 6.45) is 3.02. The molecule has 5 nitrogen and oxygen atoms in total. The predicted octanol–water partition coefficient (Wildman–Crippen LogP) is 4.16. The third kappa shape index (κ3) is 3.90. The number of benzene rings is 2. The number of aromatic nitrogens is 1. The fourth-order valence-corrected chi connectivity index (χ4v) is 3.92. The van der Waals surface area contributed by atoms with E-state index in [0.717, 1.165) is 11.9 Å². The number of carbonyl (C=O) groups is 2. The lowest BCUT2D eigenvalue weighted by Crippen LogP contribution is -2.30. The van der Waals surface area contributed by atoms with Crippen molar-refractivity contribution in [1.29, 1.82) is 0 Å². The summed E-state index contributed by atoms with van der Waals surface area (Å²) >= 11 is 5.96. The Kier molecular flexibility index (Phi) is 5.09. The lowest BCUT2D eigenvalue weighted by molar-refractivity contribution is -0.128. The molecular weight excluding hydrogens is 374 g/mol. The molecule has 28 heavy (non-hydrogen) atoms. The van der Waals surface area contributed by atoms with Gasteiger partial charge in [0.05, 0.1) is 5.92 Å². The molecule has 0 spiro atoms. The van der Waals surface area contributed by atoms with Gasteiger partial charge < -0.3 is 15.2 Å². The Hall–Kier alpha value is -2.79. The van der Waals surface area contributed by atoms with Gasteiger partial charge >= 0.3 is 0 Å². The molecule has 0 radical (unpaired) electrons. The number of aryl methyl sites for hydroxylation is 1. The number of rotatable bonds is 5. The second-order valence-corrected chi connectivity index (χ2v) is 7.79. The van der Waals surface area contributed by atoms with Gasteiger partial charge in [0.15, 0.2) is 0 Å². The SMILES string of the molecule is Cc1ccc2[nH]cc(CCN3C[C@@H](C(=O)Nc4cccc(Cl)c4)CC3=O)c2c1. The molecule has 0 aliphatic carbocycles. The van der Waals surface area contributed by atoms with Crippen LogP contribution in [0.15, 0.2) is 48.7 Å². The Morgan fingerprint density at radius 2 is 2.14 bits per heavy atom. The maximum absolute atomic E-state index is 12.5. The average molecular weight is 396 g/mol. The molecule has 1 atom stereocenters. The van der Waals surface area contributed by atoms with Gasteiger partial charge in [-0.3, -0.25) is 9.59 Å². The summed E-state index contributed by atoms with van der Waals surface area (Å²) in [5.74, 6) is -0.445. The van der Waals surface area contributed by atoms with Gasteiger partial charge in [-0.1, -0.05) is 29.3 Å². The van der Waals surface area contributed by atoms with Crippen LogP contribution in [0.1, 0.15) is 17.5 Å². The predicted molar refractivity (Wildman–Crippen MR) is 112 cm³/mol. The molecule has 2 amide bonds. The van der Waals surface area contributed by atoms with E-state index in [4.69, 9.17) is 11.6 Å². The highest BCUT2D eigenvalue weighted by atomic mass is 35.5. The zero-order valence-electron chi connectivity index (χ0n) is 15.7. The molecule has 1 aliphatic rings. The minimum absolute atomic E-state index is 0.0299. The van der Waals surface area contributed by atoms with Gasteiger partial charge in [0.1, 0.15) is 0 Å². The van der Waals surface area contributed by atoms with Crippen molar-refractivity contribution in [2.45, 2.75) is 19.8 Å². The van der Waals surface area contributed by atoms with Crippen LogP contribution in [0.5, 0.6) is 0 Å². The molecule has 1 saturated heterocycles. The van der Waals surface area contributed by atoms with Crippen LogP contribution >= 0.6 is 11.6 Å². The number of fused-ring (bicyclic) bond motifs is 1. The minimum atomic E-state index is -0.336. The molecule has 1 aliphatic heterocycles. The van der Waals surface area contributed by atoms with E-state index in [1.165, 1.54) is 16.5 Å². The molecular formula is C22H22ClN3O2. The minimum Gasteiger partial charge on any atom is -0.361 e. The monoisotopic (exact) mass is 395 g/mol.